The van der Waals surface area contributed by atoms with Crippen LogP contribution in [0.1, 0.15) is 84.8 Å². The minimum absolute atomic E-state index is 0.202. The van der Waals surface area contributed by atoms with E-state index in [1.54, 1.807) is 7.11 Å². The molecule has 8 heteroatoms. The lowest BCUT2D eigenvalue weighted by atomic mass is 9.72. The van der Waals surface area contributed by atoms with Gasteiger partial charge in [-0.1, -0.05) is 48.5 Å². The lowest BCUT2D eigenvalue weighted by Gasteiger charge is -2.49. The van der Waals surface area contributed by atoms with Gasteiger partial charge >= 0.3 is 0 Å². The average Bonchev–Trinajstić information content (AvgIpc) is 3.50. The Morgan fingerprint density at radius 1 is 0.955 bits per heavy atom. The van der Waals surface area contributed by atoms with E-state index in [9.17, 15) is 0 Å². The molecule has 0 atom stereocenters. The van der Waals surface area contributed by atoms with E-state index >= 15 is 0 Å². The van der Waals surface area contributed by atoms with E-state index in [0.29, 0.717) is 11.6 Å². The molecule has 0 radical (unpaired) electrons. The Labute approximate surface area is 263 Å². The lowest BCUT2D eigenvalue weighted by molar-refractivity contribution is 0.289. The second-order valence-electron chi connectivity index (χ2n) is 15.4. The molecule has 0 spiro atoms. The Bertz CT molecular complexity index is 1680. The normalized spacial score (nSPS) is 19.1. The van der Waals surface area contributed by atoms with Crippen LogP contribution in [0, 0.1) is 23.2 Å². The summed E-state index contributed by atoms with van der Waals surface area (Å²) in [5.41, 5.74) is 10.4. The molecule has 3 aromatic rings. The number of methoxy groups -OCH3 is 1. The van der Waals surface area contributed by atoms with Gasteiger partial charge in [-0.05, 0) is 85.4 Å². The zero-order chi connectivity index (χ0) is 31.8. The van der Waals surface area contributed by atoms with Crippen LogP contribution in [0.3, 0.4) is 0 Å². The van der Waals surface area contributed by atoms with E-state index in [2.05, 4.69) is 102 Å². The largest absolute Gasteiger partial charge is 0.496 e. The molecule has 2 aromatic carbocycles. The maximum Gasteiger partial charge on any atom is 0.205 e. The first-order chi connectivity index (χ1) is 20.7. The van der Waals surface area contributed by atoms with Crippen LogP contribution in [0.5, 0.6) is 5.75 Å². The van der Waals surface area contributed by atoms with Gasteiger partial charge in [0.05, 0.1) is 24.1 Å². The van der Waals surface area contributed by atoms with Gasteiger partial charge in [0.25, 0.3) is 0 Å². The quantitative estimate of drug-likeness (QED) is 0.296. The summed E-state index contributed by atoms with van der Waals surface area (Å²) in [5, 5.41) is 14.6. The van der Waals surface area contributed by atoms with E-state index in [1.165, 1.54) is 22.4 Å². The molecule has 3 aliphatic heterocycles. The zero-order valence-corrected chi connectivity index (χ0v) is 28.6. The van der Waals surface area contributed by atoms with E-state index in [4.69, 9.17) is 19.9 Å². The molecule has 0 saturated carbocycles. The van der Waals surface area contributed by atoms with Crippen LogP contribution < -0.4 is 14.5 Å². The Hall–Kier alpha value is -3.68. The van der Waals surface area contributed by atoms with Crippen molar-refractivity contribution in [2.75, 3.05) is 43.1 Å². The van der Waals surface area contributed by atoms with Gasteiger partial charge in [0.2, 0.25) is 5.82 Å². The smallest absolute Gasteiger partial charge is 0.205 e. The van der Waals surface area contributed by atoms with Crippen molar-refractivity contribution in [3.8, 4) is 17.1 Å². The number of anilines is 2. The maximum absolute atomic E-state index is 5.81. The Balaban J connectivity index is 1.53. The van der Waals surface area contributed by atoms with Crippen LogP contribution in [0.2, 0.25) is 0 Å². The molecule has 0 bridgehead atoms. The molecule has 4 heterocycles. The fraction of sp³-hybridized carbons (Fsp3) is 0.556. The SMILES string of the molecule is CCN(CC)c1ccc(OC)c(-c2nnc3n2N=C(C(C)(C)C)/C3=N/c2cc3c4c(c2C)CC(C)(C)CN4CC(C)(C)C3)c1. The summed E-state index contributed by atoms with van der Waals surface area (Å²) < 4.78 is 7.68. The van der Waals surface area contributed by atoms with E-state index in [1.807, 2.05) is 10.7 Å². The highest BCUT2D eigenvalue weighted by atomic mass is 16.5. The van der Waals surface area contributed by atoms with Crippen molar-refractivity contribution in [3.05, 3.63) is 46.8 Å². The molecule has 0 saturated heterocycles. The van der Waals surface area contributed by atoms with Gasteiger partial charge in [-0.25, -0.2) is 4.99 Å². The van der Waals surface area contributed by atoms with Gasteiger partial charge in [0, 0.05) is 43.0 Å². The van der Waals surface area contributed by atoms with Crippen molar-refractivity contribution in [1.29, 1.82) is 0 Å². The Morgan fingerprint density at radius 2 is 1.61 bits per heavy atom. The van der Waals surface area contributed by atoms with Gasteiger partial charge in [-0.2, -0.15) is 9.78 Å². The molecule has 234 valence electrons. The molecular weight excluding hydrogens is 546 g/mol. The number of rotatable bonds is 6. The van der Waals surface area contributed by atoms with Crippen molar-refractivity contribution in [2.45, 2.75) is 82.1 Å². The first kappa shape index (κ1) is 30.4. The molecule has 0 aliphatic carbocycles. The topological polar surface area (TPSA) is 71.1 Å². The number of ether oxygens (including phenoxy) is 1. The summed E-state index contributed by atoms with van der Waals surface area (Å²) >= 11 is 0. The number of aromatic nitrogens is 3. The number of hydrogen-bond donors (Lipinski definition) is 0. The fourth-order valence-electron chi connectivity index (χ4n) is 7.41. The predicted molar refractivity (Wildman–Crippen MR) is 182 cm³/mol. The molecule has 6 rings (SSSR count). The molecule has 44 heavy (non-hydrogen) atoms. The molecule has 1 aromatic heterocycles. The summed E-state index contributed by atoms with van der Waals surface area (Å²) in [6, 6.07) is 8.59. The summed E-state index contributed by atoms with van der Waals surface area (Å²) in [5.74, 6) is 2.08. The molecule has 0 fully saturated rings. The number of nitrogens with zero attached hydrogens (tertiary/aromatic N) is 7. The van der Waals surface area contributed by atoms with E-state index in [0.717, 1.165) is 73.1 Å². The van der Waals surface area contributed by atoms with Crippen LogP contribution in [0.25, 0.3) is 11.4 Å². The summed E-state index contributed by atoms with van der Waals surface area (Å²) in [6.07, 6.45) is 2.10. The third-order valence-corrected chi connectivity index (χ3v) is 9.39. The maximum atomic E-state index is 5.81. The van der Waals surface area contributed by atoms with Crippen molar-refractivity contribution in [2.24, 2.45) is 26.3 Å². The Kier molecular flexibility index (Phi) is 7.21. The van der Waals surface area contributed by atoms with Gasteiger partial charge in [0.1, 0.15) is 11.5 Å². The Morgan fingerprint density at radius 3 is 2.25 bits per heavy atom. The van der Waals surface area contributed by atoms with Crippen molar-refractivity contribution in [1.82, 2.24) is 14.9 Å². The minimum Gasteiger partial charge on any atom is -0.496 e. The number of benzene rings is 2. The fourth-order valence-corrected chi connectivity index (χ4v) is 7.41. The third-order valence-electron chi connectivity index (χ3n) is 9.39. The average molecular weight is 596 g/mol. The van der Waals surface area contributed by atoms with Gasteiger partial charge < -0.3 is 14.5 Å². The summed E-state index contributed by atoms with van der Waals surface area (Å²) in [6.45, 7) is 26.7. The molecule has 8 nitrogen and oxygen atoms in total. The molecule has 3 aliphatic rings. The highest BCUT2D eigenvalue weighted by molar-refractivity contribution is 6.50. The summed E-state index contributed by atoms with van der Waals surface area (Å²) in [7, 11) is 1.70. The van der Waals surface area contributed by atoms with Gasteiger partial charge in [0.15, 0.2) is 5.82 Å². The zero-order valence-electron chi connectivity index (χ0n) is 28.6. The standard InChI is InChI=1S/C36H49N7O/c1-12-41(13-2)24-14-15-28(44-11)25(17-24)32-38-39-33-29(31(34(4,5)6)40-43(32)33)37-27-16-23-18-35(7,8)20-42-21-36(9,10)19-26(22(27)3)30(23)42/h14-17H,12-13,18-21H2,1-11H3/b37-29-. The molecule has 0 amide bonds. The third kappa shape index (κ3) is 5.10. The highest BCUT2D eigenvalue weighted by Crippen LogP contribution is 2.49. The lowest BCUT2D eigenvalue weighted by Crippen LogP contribution is -2.48. The number of fused-ring (bicyclic) bond motifs is 1. The predicted octanol–water partition coefficient (Wildman–Crippen LogP) is 7.46. The number of hydrogen-bond acceptors (Lipinski definition) is 7. The first-order valence-electron chi connectivity index (χ1n) is 16.1. The monoisotopic (exact) mass is 595 g/mol. The molecule has 0 N–H and O–H groups in total. The van der Waals surface area contributed by atoms with Gasteiger partial charge in [-0.15, -0.1) is 10.2 Å². The van der Waals surface area contributed by atoms with E-state index in [-0.39, 0.29) is 16.2 Å². The minimum atomic E-state index is -0.249. The van der Waals surface area contributed by atoms with Crippen LogP contribution in [-0.2, 0) is 12.8 Å². The van der Waals surface area contributed by atoms with Crippen molar-refractivity contribution < 1.29 is 4.74 Å². The van der Waals surface area contributed by atoms with Crippen LogP contribution in [-0.4, -0.2) is 59.6 Å². The van der Waals surface area contributed by atoms with E-state index < -0.39 is 0 Å². The molecular formula is C36H49N7O. The first-order valence-corrected chi connectivity index (χ1v) is 16.1. The van der Waals surface area contributed by atoms with Crippen LogP contribution in [0.15, 0.2) is 34.4 Å². The van der Waals surface area contributed by atoms with Gasteiger partial charge in [-0.3, -0.25) is 0 Å². The van der Waals surface area contributed by atoms with Crippen LogP contribution in [0.4, 0.5) is 17.1 Å². The summed E-state index contributed by atoms with van der Waals surface area (Å²) in [4.78, 5) is 10.4. The second kappa shape index (κ2) is 10.5. The van der Waals surface area contributed by atoms with Crippen molar-refractivity contribution in [3.63, 3.8) is 0 Å². The molecule has 0 unspecified atom stereocenters. The second-order valence-corrected chi connectivity index (χ2v) is 15.4. The van der Waals surface area contributed by atoms with Crippen LogP contribution >= 0.6 is 0 Å². The number of aliphatic imine (C=N–C) groups is 1. The van der Waals surface area contributed by atoms with Crippen molar-refractivity contribution >= 4 is 28.5 Å². The highest BCUT2D eigenvalue weighted by Gasteiger charge is 2.41.